The van der Waals surface area contributed by atoms with Gasteiger partial charge in [-0.25, -0.2) is 0 Å². The standard InChI is InChI=1S/C17H32N2/c1-12(2)16-10-18-15(13-5-6-13)11-19(16)14-7-8-17(3,4)9-14/h12-16,18H,5-11H2,1-4H3. The van der Waals surface area contributed by atoms with Gasteiger partial charge in [-0.3, -0.25) is 4.90 Å². The van der Waals surface area contributed by atoms with Gasteiger partial charge in [-0.15, -0.1) is 0 Å². The second-order valence-corrected chi connectivity index (χ2v) is 8.42. The maximum atomic E-state index is 3.84. The Labute approximate surface area is 119 Å². The van der Waals surface area contributed by atoms with E-state index in [4.69, 9.17) is 0 Å². The predicted molar refractivity (Wildman–Crippen MR) is 81.3 cm³/mol. The molecular formula is C17H32N2. The van der Waals surface area contributed by atoms with E-state index in [2.05, 4.69) is 37.9 Å². The van der Waals surface area contributed by atoms with Crippen LogP contribution >= 0.6 is 0 Å². The average molecular weight is 264 g/mol. The SMILES string of the molecule is CC(C)C1CNC(C2CC2)CN1C1CCC(C)(C)C1. The summed E-state index contributed by atoms with van der Waals surface area (Å²) < 4.78 is 0. The summed E-state index contributed by atoms with van der Waals surface area (Å²) in [5.41, 5.74) is 0.576. The molecule has 0 bridgehead atoms. The Hall–Kier alpha value is -0.0800. The molecule has 3 rings (SSSR count). The van der Waals surface area contributed by atoms with E-state index >= 15 is 0 Å². The van der Waals surface area contributed by atoms with Gasteiger partial charge in [-0.05, 0) is 49.4 Å². The molecule has 0 aromatic rings. The fourth-order valence-electron chi connectivity index (χ4n) is 4.35. The minimum Gasteiger partial charge on any atom is -0.311 e. The number of nitrogens with zero attached hydrogens (tertiary/aromatic N) is 1. The molecule has 0 amide bonds. The Bertz CT molecular complexity index is 319. The van der Waals surface area contributed by atoms with Crippen molar-refractivity contribution in [1.29, 1.82) is 0 Å². The van der Waals surface area contributed by atoms with Crippen molar-refractivity contribution in [2.75, 3.05) is 13.1 Å². The molecule has 2 nitrogen and oxygen atoms in total. The molecule has 0 aromatic carbocycles. The molecule has 2 heteroatoms. The Balaban J connectivity index is 1.69. The summed E-state index contributed by atoms with van der Waals surface area (Å²) in [5, 5.41) is 3.84. The minimum absolute atomic E-state index is 0.576. The molecule has 1 saturated heterocycles. The molecular weight excluding hydrogens is 232 g/mol. The number of hydrogen-bond acceptors (Lipinski definition) is 2. The summed E-state index contributed by atoms with van der Waals surface area (Å²) in [6.45, 7) is 12.2. The van der Waals surface area contributed by atoms with Crippen molar-refractivity contribution in [1.82, 2.24) is 10.2 Å². The molecule has 1 aliphatic heterocycles. The Kier molecular flexibility index (Phi) is 3.68. The van der Waals surface area contributed by atoms with E-state index in [1.165, 1.54) is 45.2 Å². The van der Waals surface area contributed by atoms with Crippen molar-refractivity contribution >= 4 is 0 Å². The smallest absolute Gasteiger partial charge is 0.0247 e. The van der Waals surface area contributed by atoms with Crippen LogP contribution in [-0.4, -0.2) is 36.1 Å². The largest absolute Gasteiger partial charge is 0.311 e. The molecule has 0 radical (unpaired) electrons. The number of hydrogen-bond donors (Lipinski definition) is 1. The Morgan fingerprint density at radius 2 is 1.89 bits per heavy atom. The maximum absolute atomic E-state index is 3.84. The average Bonchev–Trinajstić information content (AvgIpc) is 3.13. The maximum Gasteiger partial charge on any atom is 0.0247 e. The van der Waals surface area contributed by atoms with Crippen LogP contribution in [0, 0.1) is 17.3 Å². The molecule has 3 atom stereocenters. The van der Waals surface area contributed by atoms with E-state index in [9.17, 15) is 0 Å². The zero-order chi connectivity index (χ0) is 13.6. The third-order valence-corrected chi connectivity index (χ3v) is 5.79. The molecule has 2 aliphatic carbocycles. The molecule has 3 aliphatic rings. The summed E-state index contributed by atoms with van der Waals surface area (Å²) in [5.74, 6) is 1.77. The highest BCUT2D eigenvalue weighted by molar-refractivity contribution is 4.99. The van der Waals surface area contributed by atoms with E-state index < -0.39 is 0 Å². The van der Waals surface area contributed by atoms with Crippen LogP contribution in [0.15, 0.2) is 0 Å². The van der Waals surface area contributed by atoms with Gasteiger partial charge in [0.05, 0.1) is 0 Å². The van der Waals surface area contributed by atoms with Crippen molar-refractivity contribution in [2.24, 2.45) is 17.3 Å². The lowest BCUT2D eigenvalue weighted by Gasteiger charge is -2.46. The van der Waals surface area contributed by atoms with Gasteiger partial charge >= 0.3 is 0 Å². The van der Waals surface area contributed by atoms with Gasteiger partial charge in [-0.1, -0.05) is 27.7 Å². The first kappa shape index (κ1) is 13.9. The second kappa shape index (κ2) is 5.04. The highest BCUT2D eigenvalue weighted by Gasteiger charge is 2.43. The first-order valence-corrected chi connectivity index (χ1v) is 8.45. The van der Waals surface area contributed by atoms with Crippen molar-refractivity contribution < 1.29 is 0 Å². The first-order valence-electron chi connectivity index (χ1n) is 8.45. The highest BCUT2D eigenvalue weighted by atomic mass is 15.3. The molecule has 1 heterocycles. The van der Waals surface area contributed by atoms with Crippen LogP contribution in [0.2, 0.25) is 0 Å². The lowest BCUT2D eigenvalue weighted by Crippen LogP contribution is -2.61. The monoisotopic (exact) mass is 264 g/mol. The van der Waals surface area contributed by atoms with Gasteiger partial charge in [0.25, 0.3) is 0 Å². The molecule has 3 fully saturated rings. The number of piperazine rings is 1. The summed E-state index contributed by atoms with van der Waals surface area (Å²) in [7, 11) is 0. The summed E-state index contributed by atoms with van der Waals surface area (Å²) in [6.07, 6.45) is 7.18. The summed E-state index contributed by atoms with van der Waals surface area (Å²) in [6, 6.07) is 2.40. The van der Waals surface area contributed by atoms with E-state index in [1.54, 1.807) is 0 Å². The first-order chi connectivity index (χ1) is 8.96. The van der Waals surface area contributed by atoms with Crippen LogP contribution in [0.1, 0.15) is 59.8 Å². The lowest BCUT2D eigenvalue weighted by molar-refractivity contribution is 0.0490. The topological polar surface area (TPSA) is 15.3 Å². The van der Waals surface area contributed by atoms with Gasteiger partial charge in [0, 0.05) is 31.2 Å². The van der Waals surface area contributed by atoms with Gasteiger partial charge in [0.15, 0.2) is 0 Å². The molecule has 3 unspecified atom stereocenters. The van der Waals surface area contributed by atoms with Crippen molar-refractivity contribution in [2.45, 2.75) is 77.9 Å². The Morgan fingerprint density at radius 1 is 1.16 bits per heavy atom. The van der Waals surface area contributed by atoms with Gasteiger partial charge in [0.1, 0.15) is 0 Å². The van der Waals surface area contributed by atoms with E-state index in [-0.39, 0.29) is 0 Å². The minimum atomic E-state index is 0.576. The zero-order valence-corrected chi connectivity index (χ0v) is 13.3. The van der Waals surface area contributed by atoms with E-state index in [0.29, 0.717) is 5.41 Å². The summed E-state index contributed by atoms with van der Waals surface area (Å²) in [4.78, 5) is 2.90. The Morgan fingerprint density at radius 3 is 2.42 bits per heavy atom. The highest BCUT2D eigenvalue weighted by Crippen LogP contribution is 2.42. The normalized spacial score (nSPS) is 39.9. The van der Waals surface area contributed by atoms with Crippen LogP contribution in [0.3, 0.4) is 0 Å². The molecule has 110 valence electrons. The number of nitrogens with one attached hydrogen (secondary N) is 1. The fraction of sp³-hybridized carbons (Fsp3) is 1.00. The lowest BCUT2D eigenvalue weighted by atomic mass is 9.90. The van der Waals surface area contributed by atoms with Crippen LogP contribution in [0.4, 0.5) is 0 Å². The quantitative estimate of drug-likeness (QED) is 0.841. The van der Waals surface area contributed by atoms with Gasteiger partial charge in [-0.2, -0.15) is 0 Å². The predicted octanol–water partition coefficient (Wildman–Crippen LogP) is 3.27. The van der Waals surface area contributed by atoms with E-state index in [0.717, 1.165) is 30.0 Å². The van der Waals surface area contributed by atoms with Crippen molar-refractivity contribution in [3.8, 4) is 0 Å². The molecule has 1 N–H and O–H groups in total. The van der Waals surface area contributed by atoms with Gasteiger partial charge < -0.3 is 5.32 Å². The molecule has 2 saturated carbocycles. The summed E-state index contributed by atoms with van der Waals surface area (Å²) >= 11 is 0. The number of rotatable bonds is 3. The van der Waals surface area contributed by atoms with Crippen LogP contribution in [-0.2, 0) is 0 Å². The third kappa shape index (κ3) is 3.00. The second-order valence-electron chi connectivity index (χ2n) is 8.42. The van der Waals surface area contributed by atoms with E-state index in [1.807, 2.05) is 0 Å². The molecule has 0 aromatic heterocycles. The fourth-order valence-corrected chi connectivity index (χ4v) is 4.35. The van der Waals surface area contributed by atoms with Crippen LogP contribution < -0.4 is 5.32 Å². The third-order valence-electron chi connectivity index (χ3n) is 5.79. The molecule has 0 spiro atoms. The zero-order valence-electron chi connectivity index (χ0n) is 13.3. The van der Waals surface area contributed by atoms with Gasteiger partial charge in [0.2, 0.25) is 0 Å². The molecule has 19 heavy (non-hydrogen) atoms. The van der Waals surface area contributed by atoms with Crippen molar-refractivity contribution in [3.05, 3.63) is 0 Å². The van der Waals surface area contributed by atoms with Crippen molar-refractivity contribution in [3.63, 3.8) is 0 Å². The van der Waals surface area contributed by atoms with Crippen LogP contribution in [0.5, 0.6) is 0 Å². The van der Waals surface area contributed by atoms with Crippen LogP contribution in [0.25, 0.3) is 0 Å².